The van der Waals surface area contributed by atoms with E-state index in [0.29, 0.717) is 11.1 Å². The number of carbonyl (C=O) groups excluding carboxylic acids is 1. The number of piperidine rings is 1. The van der Waals surface area contributed by atoms with Crippen LogP contribution >= 0.6 is 0 Å². The smallest absolute Gasteiger partial charge is 0.150 e. The van der Waals surface area contributed by atoms with Crippen LogP contribution in [0.15, 0.2) is 24.3 Å². The van der Waals surface area contributed by atoms with Crippen LogP contribution in [-0.2, 0) is 0 Å². The molecule has 0 radical (unpaired) electrons. The molecule has 1 aliphatic rings. The number of carbonyl (C=O) groups is 1. The number of halogens is 1. The number of aldehydes is 1. The number of alkyl halides is 1. The lowest BCUT2D eigenvalue weighted by atomic mass is 9.89. The molecule has 1 aromatic carbocycles. The Morgan fingerprint density at radius 1 is 1.53 bits per heavy atom. The second-order valence-corrected chi connectivity index (χ2v) is 4.85. The number of benzene rings is 1. The second kappa shape index (κ2) is 5.41. The minimum Gasteiger partial charge on any atom is -0.306 e. The van der Waals surface area contributed by atoms with Crippen molar-refractivity contribution >= 4 is 6.29 Å². The number of hydrogen-bond donors (Lipinski definition) is 0. The van der Waals surface area contributed by atoms with E-state index in [9.17, 15) is 9.18 Å². The van der Waals surface area contributed by atoms with Gasteiger partial charge in [0, 0.05) is 18.0 Å². The number of hydrogen-bond acceptors (Lipinski definition) is 2. The van der Waals surface area contributed by atoms with Crippen LogP contribution in [0.2, 0.25) is 0 Å². The molecule has 0 bridgehead atoms. The van der Waals surface area contributed by atoms with Crippen molar-refractivity contribution in [2.24, 2.45) is 5.92 Å². The molecule has 0 amide bonds. The first-order valence-corrected chi connectivity index (χ1v) is 6.08. The molecule has 0 spiro atoms. The Morgan fingerprint density at radius 2 is 2.35 bits per heavy atom. The summed E-state index contributed by atoms with van der Waals surface area (Å²) in [7, 11) is 2.03. The fourth-order valence-electron chi connectivity index (χ4n) is 2.52. The van der Waals surface area contributed by atoms with Crippen LogP contribution in [0.5, 0.6) is 0 Å². The van der Waals surface area contributed by atoms with Gasteiger partial charge in [0.2, 0.25) is 0 Å². The highest BCUT2D eigenvalue weighted by atomic mass is 19.1. The fraction of sp³-hybridized carbons (Fsp3) is 0.500. The van der Waals surface area contributed by atoms with E-state index >= 15 is 0 Å². The second-order valence-electron chi connectivity index (χ2n) is 4.85. The SMILES string of the molecule is CN1CCCC(C(F)c2cccc(C=O)c2)C1. The summed E-state index contributed by atoms with van der Waals surface area (Å²) in [6.07, 6.45) is 1.78. The highest BCUT2D eigenvalue weighted by molar-refractivity contribution is 5.74. The standard InChI is InChI=1S/C14H18FNO/c1-16-7-3-6-13(9-16)14(15)12-5-2-4-11(8-12)10-17/h2,4-5,8,10,13-14H,3,6-7,9H2,1H3. The van der Waals surface area contributed by atoms with Crippen molar-refractivity contribution in [1.29, 1.82) is 0 Å². The molecule has 2 unspecified atom stereocenters. The van der Waals surface area contributed by atoms with E-state index in [4.69, 9.17) is 0 Å². The van der Waals surface area contributed by atoms with Crippen LogP contribution in [-0.4, -0.2) is 31.3 Å². The van der Waals surface area contributed by atoms with E-state index in [1.54, 1.807) is 24.3 Å². The zero-order valence-corrected chi connectivity index (χ0v) is 10.1. The lowest BCUT2D eigenvalue weighted by Crippen LogP contribution is -2.34. The van der Waals surface area contributed by atoms with E-state index in [1.807, 2.05) is 7.05 Å². The first-order chi connectivity index (χ1) is 8.20. The molecule has 2 nitrogen and oxygen atoms in total. The van der Waals surface area contributed by atoms with Gasteiger partial charge in [0.15, 0.2) is 0 Å². The molecule has 3 heteroatoms. The van der Waals surface area contributed by atoms with Gasteiger partial charge >= 0.3 is 0 Å². The van der Waals surface area contributed by atoms with E-state index in [1.165, 1.54) is 0 Å². The van der Waals surface area contributed by atoms with Crippen LogP contribution in [0.3, 0.4) is 0 Å². The molecular weight excluding hydrogens is 217 g/mol. The van der Waals surface area contributed by atoms with E-state index in [-0.39, 0.29) is 5.92 Å². The maximum absolute atomic E-state index is 14.4. The Hall–Kier alpha value is -1.22. The fourth-order valence-corrected chi connectivity index (χ4v) is 2.52. The quantitative estimate of drug-likeness (QED) is 0.751. The maximum Gasteiger partial charge on any atom is 0.150 e. The normalized spacial score (nSPS) is 23.3. The van der Waals surface area contributed by atoms with E-state index in [0.717, 1.165) is 32.2 Å². The van der Waals surface area contributed by atoms with Crippen LogP contribution in [0.4, 0.5) is 4.39 Å². The van der Waals surface area contributed by atoms with E-state index in [2.05, 4.69) is 4.90 Å². The Morgan fingerprint density at radius 3 is 3.06 bits per heavy atom. The summed E-state index contributed by atoms with van der Waals surface area (Å²) < 4.78 is 14.4. The summed E-state index contributed by atoms with van der Waals surface area (Å²) in [5, 5.41) is 0. The number of likely N-dealkylation sites (tertiary alicyclic amines) is 1. The van der Waals surface area contributed by atoms with Crippen LogP contribution in [0.25, 0.3) is 0 Å². The summed E-state index contributed by atoms with van der Waals surface area (Å²) in [6, 6.07) is 6.88. The molecule has 17 heavy (non-hydrogen) atoms. The van der Waals surface area contributed by atoms with Gasteiger partial charge in [-0.05, 0) is 38.1 Å². The molecule has 0 aromatic heterocycles. The molecule has 0 saturated carbocycles. The third kappa shape index (κ3) is 2.91. The van der Waals surface area contributed by atoms with Crippen molar-refractivity contribution in [3.8, 4) is 0 Å². The Labute approximate surface area is 101 Å². The monoisotopic (exact) mass is 235 g/mol. The summed E-state index contributed by atoms with van der Waals surface area (Å²) >= 11 is 0. The van der Waals surface area contributed by atoms with Gasteiger partial charge in [-0.3, -0.25) is 4.79 Å². The average Bonchev–Trinajstić information content (AvgIpc) is 2.38. The molecule has 92 valence electrons. The van der Waals surface area contributed by atoms with Gasteiger partial charge in [-0.25, -0.2) is 4.39 Å². The van der Waals surface area contributed by atoms with Crippen molar-refractivity contribution in [1.82, 2.24) is 4.90 Å². The number of nitrogens with zero attached hydrogens (tertiary/aromatic N) is 1. The third-order valence-corrected chi connectivity index (χ3v) is 3.44. The zero-order chi connectivity index (χ0) is 12.3. The van der Waals surface area contributed by atoms with Gasteiger partial charge in [0.1, 0.15) is 12.5 Å². The van der Waals surface area contributed by atoms with Gasteiger partial charge in [0.05, 0.1) is 0 Å². The van der Waals surface area contributed by atoms with Gasteiger partial charge < -0.3 is 4.90 Å². The summed E-state index contributed by atoms with van der Waals surface area (Å²) in [4.78, 5) is 12.8. The number of rotatable bonds is 3. The molecule has 1 aromatic rings. The van der Waals surface area contributed by atoms with Crippen molar-refractivity contribution in [3.63, 3.8) is 0 Å². The van der Waals surface area contributed by atoms with Gasteiger partial charge in [0.25, 0.3) is 0 Å². The first-order valence-electron chi connectivity index (χ1n) is 6.08. The molecular formula is C14H18FNO. The summed E-state index contributed by atoms with van der Waals surface area (Å²) in [5.41, 5.74) is 1.18. The summed E-state index contributed by atoms with van der Waals surface area (Å²) in [6.45, 7) is 1.85. The average molecular weight is 235 g/mol. The molecule has 1 aliphatic heterocycles. The van der Waals surface area contributed by atoms with Crippen molar-refractivity contribution in [3.05, 3.63) is 35.4 Å². The van der Waals surface area contributed by atoms with Crippen LogP contribution in [0.1, 0.15) is 34.9 Å². The topological polar surface area (TPSA) is 20.3 Å². The molecule has 2 atom stereocenters. The van der Waals surface area contributed by atoms with Crippen molar-refractivity contribution < 1.29 is 9.18 Å². The molecule has 0 aliphatic carbocycles. The lowest BCUT2D eigenvalue weighted by Gasteiger charge is -2.31. The largest absolute Gasteiger partial charge is 0.306 e. The first kappa shape index (κ1) is 12.2. The Bertz CT molecular complexity index is 394. The highest BCUT2D eigenvalue weighted by Crippen LogP contribution is 2.32. The summed E-state index contributed by atoms with van der Waals surface area (Å²) in [5.74, 6) is 0.0515. The predicted molar refractivity (Wildman–Crippen MR) is 65.9 cm³/mol. The highest BCUT2D eigenvalue weighted by Gasteiger charge is 2.26. The molecule has 1 saturated heterocycles. The van der Waals surface area contributed by atoms with Crippen LogP contribution < -0.4 is 0 Å². The van der Waals surface area contributed by atoms with Gasteiger partial charge in [-0.2, -0.15) is 0 Å². The predicted octanol–water partition coefficient (Wildman–Crippen LogP) is 2.85. The maximum atomic E-state index is 14.4. The van der Waals surface area contributed by atoms with Crippen LogP contribution in [0, 0.1) is 5.92 Å². The Kier molecular flexibility index (Phi) is 3.89. The molecule has 1 heterocycles. The van der Waals surface area contributed by atoms with Gasteiger partial charge in [-0.15, -0.1) is 0 Å². The molecule has 0 N–H and O–H groups in total. The Balaban J connectivity index is 2.12. The van der Waals surface area contributed by atoms with Gasteiger partial charge in [-0.1, -0.05) is 18.2 Å². The third-order valence-electron chi connectivity index (χ3n) is 3.44. The van der Waals surface area contributed by atoms with E-state index < -0.39 is 6.17 Å². The van der Waals surface area contributed by atoms with Crippen molar-refractivity contribution in [2.75, 3.05) is 20.1 Å². The minimum absolute atomic E-state index is 0.0515. The lowest BCUT2D eigenvalue weighted by molar-refractivity contribution is 0.112. The molecule has 1 fully saturated rings. The zero-order valence-electron chi connectivity index (χ0n) is 10.1. The minimum atomic E-state index is -0.961. The molecule has 2 rings (SSSR count). The van der Waals surface area contributed by atoms with Crippen molar-refractivity contribution in [2.45, 2.75) is 19.0 Å².